The van der Waals surface area contributed by atoms with E-state index in [0.29, 0.717) is 34.3 Å². The van der Waals surface area contributed by atoms with E-state index in [9.17, 15) is 9.59 Å². The summed E-state index contributed by atoms with van der Waals surface area (Å²) in [7, 11) is 1.58. The molecule has 31 heavy (non-hydrogen) atoms. The van der Waals surface area contributed by atoms with E-state index in [1.54, 1.807) is 37.1 Å². The van der Waals surface area contributed by atoms with Crippen LogP contribution in [0.3, 0.4) is 0 Å². The first-order valence-corrected chi connectivity index (χ1v) is 11.2. The normalized spacial score (nSPS) is 15.7. The molecule has 4 rings (SSSR count). The second kappa shape index (κ2) is 9.45. The van der Waals surface area contributed by atoms with E-state index in [2.05, 4.69) is 5.32 Å². The number of hydrogen-bond donors (Lipinski definition) is 1. The largest absolute Gasteiger partial charge is 0.497 e. The maximum atomic E-state index is 12.6. The molecule has 0 saturated carbocycles. The molecule has 7 heteroatoms. The Bertz CT molecular complexity index is 1090. The summed E-state index contributed by atoms with van der Waals surface area (Å²) in [6.07, 6.45) is 0. The van der Waals surface area contributed by atoms with Gasteiger partial charge in [0.15, 0.2) is 0 Å². The third-order valence-electron chi connectivity index (χ3n) is 5.02. The number of halogens is 1. The molecular weight excluding hydrogens is 432 g/mol. The molecule has 1 fully saturated rings. The Morgan fingerprint density at radius 3 is 2.58 bits per heavy atom. The van der Waals surface area contributed by atoms with Gasteiger partial charge in [0.05, 0.1) is 12.9 Å². The summed E-state index contributed by atoms with van der Waals surface area (Å²) in [4.78, 5) is 26.9. The molecule has 1 aliphatic heterocycles. The van der Waals surface area contributed by atoms with Gasteiger partial charge in [-0.2, -0.15) is 0 Å². The molecule has 1 heterocycles. The topological polar surface area (TPSA) is 58.6 Å². The van der Waals surface area contributed by atoms with Crippen LogP contribution in [-0.4, -0.2) is 29.6 Å². The lowest BCUT2D eigenvalue weighted by atomic mass is 10.1. The second-order valence-corrected chi connectivity index (χ2v) is 8.62. The van der Waals surface area contributed by atoms with Crippen molar-refractivity contribution in [3.8, 4) is 5.75 Å². The number of anilines is 1. The van der Waals surface area contributed by atoms with Gasteiger partial charge in [-0.25, -0.2) is 0 Å². The summed E-state index contributed by atoms with van der Waals surface area (Å²) in [5, 5.41) is 3.46. The predicted molar refractivity (Wildman–Crippen MR) is 125 cm³/mol. The molecule has 0 aromatic heterocycles. The first kappa shape index (κ1) is 21.3. The van der Waals surface area contributed by atoms with Crippen LogP contribution < -0.4 is 10.1 Å². The molecular formula is C24H21ClN2O3S. The predicted octanol–water partition coefficient (Wildman–Crippen LogP) is 5.38. The molecule has 1 atom stereocenters. The molecule has 1 aliphatic rings. The molecule has 3 aromatic carbocycles. The van der Waals surface area contributed by atoms with Gasteiger partial charge in [-0.1, -0.05) is 41.9 Å². The first-order valence-electron chi connectivity index (χ1n) is 9.74. The Balaban J connectivity index is 1.46. The first-order chi connectivity index (χ1) is 15.0. The number of ether oxygens (including phenoxy) is 1. The highest BCUT2D eigenvalue weighted by molar-refractivity contribution is 8.00. The minimum atomic E-state index is -0.201. The molecule has 0 aliphatic carbocycles. The molecule has 1 saturated heterocycles. The number of methoxy groups -OCH3 is 1. The molecule has 1 N–H and O–H groups in total. The fourth-order valence-electron chi connectivity index (χ4n) is 3.39. The number of benzene rings is 3. The maximum absolute atomic E-state index is 12.6. The van der Waals surface area contributed by atoms with E-state index in [4.69, 9.17) is 16.3 Å². The standard InChI is InChI=1S/C24H21ClN2O3S/c1-30-21-4-2-3-20(13-21)26-23(29)17-7-9-18(10-8-17)24-27(22(28)15-31-24)14-16-5-11-19(25)12-6-16/h2-13,24H,14-15H2,1H3,(H,26,29)/t24-/m0/s1. The van der Waals surface area contributed by atoms with Crippen molar-refractivity contribution >= 4 is 40.9 Å². The van der Waals surface area contributed by atoms with Crippen LogP contribution in [0.4, 0.5) is 5.69 Å². The van der Waals surface area contributed by atoms with Gasteiger partial charge < -0.3 is 15.0 Å². The SMILES string of the molecule is COc1cccc(NC(=O)c2ccc([C@@H]3SCC(=O)N3Cc3ccc(Cl)cc3)cc2)c1. The lowest BCUT2D eigenvalue weighted by Gasteiger charge is -2.24. The molecule has 158 valence electrons. The zero-order valence-corrected chi connectivity index (χ0v) is 18.5. The van der Waals surface area contributed by atoms with Crippen molar-refractivity contribution in [1.82, 2.24) is 4.90 Å². The van der Waals surface area contributed by atoms with Gasteiger partial charge in [0, 0.05) is 28.9 Å². The van der Waals surface area contributed by atoms with E-state index >= 15 is 0 Å². The van der Waals surface area contributed by atoms with Crippen molar-refractivity contribution in [3.63, 3.8) is 0 Å². The average molecular weight is 453 g/mol. The maximum Gasteiger partial charge on any atom is 0.255 e. The number of carbonyl (C=O) groups excluding carboxylic acids is 2. The summed E-state index contributed by atoms with van der Waals surface area (Å²) in [5.74, 6) is 1.02. The number of thioether (sulfide) groups is 1. The highest BCUT2D eigenvalue weighted by Gasteiger charge is 2.32. The number of rotatable bonds is 6. The second-order valence-electron chi connectivity index (χ2n) is 7.12. The third-order valence-corrected chi connectivity index (χ3v) is 6.53. The lowest BCUT2D eigenvalue weighted by Crippen LogP contribution is -2.27. The van der Waals surface area contributed by atoms with Crippen molar-refractivity contribution < 1.29 is 14.3 Å². The van der Waals surface area contributed by atoms with Crippen LogP contribution in [0.15, 0.2) is 72.8 Å². The molecule has 3 aromatic rings. The van der Waals surface area contributed by atoms with Crippen molar-refractivity contribution in [3.05, 3.63) is 94.5 Å². The Morgan fingerprint density at radius 1 is 1.13 bits per heavy atom. The average Bonchev–Trinajstić information content (AvgIpc) is 3.15. The number of carbonyl (C=O) groups is 2. The Kier molecular flexibility index (Phi) is 6.49. The highest BCUT2D eigenvalue weighted by Crippen LogP contribution is 2.39. The van der Waals surface area contributed by atoms with Crippen molar-refractivity contribution in [2.75, 3.05) is 18.2 Å². The Morgan fingerprint density at radius 2 is 1.87 bits per heavy atom. The van der Waals surface area contributed by atoms with E-state index in [1.807, 2.05) is 59.5 Å². The summed E-state index contributed by atoms with van der Waals surface area (Å²) < 4.78 is 5.19. The fourth-order valence-corrected chi connectivity index (χ4v) is 4.70. The van der Waals surface area contributed by atoms with E-state index in [-0.39, 0.29) is 17.2 Å². The number of hydrogen-bond acceptors (Lipinski definition) is 4. The van der Waals surface area contributed by atoms with Crippen LogP contribution in [0.1, 0.15) is 26.9 Å². The van der Waals surface area contributed by atoms with Gasteiger partial charge in [-0.15, -0.1) is 11.8 Å². The van der Waals surface area contributed by atoms with E-state index < -0.39 is 0 Å². The van der Waals surface area contributed by atoms with Gasteiger partial charge >= 0.3 is 0 Å². The van der Waals surface area contributed by atoms with Crippen LogP contribution in [0.25, 0.3) is 0 Å². The molecule has 0 unspecified atom stereocenters. The van der Waals surface area contributed by atoms with Gasteiger partial charge in [0.1, 0.15) is 11.1 Å². The van der Waals surface area contributed by atoms with Gasteiger partial charge in [-0.05, 0) is 47.5 Å². The van der Waals surface area contributed by atoms with E-state index in [1.165, 1.54) is 0 Å². The Labute approximate surface area is 190 Å². The quantitative estimate of drug-likeness (QED) is 0.545. The fraction of sp³-hybridized carbons (Fsp3) is 0.167. The zero-order chi connectivity index (χ0) is 21.8. The molecule has 0 spiro atoms. The molecule has 0 radical (unpaired) electrons. The third kappa shape index (κ3) is 5.03. The van der Waals surface area contributed by atoms with Gasteiger partial charge in [0.2, 0.25) is 5.91 Å². The van der Waals surface area contributed by atoms with Crippen LogP contribution >= 0.6 is 23.4 Å². The number of nitrogens with zero attached hydrogens (tertiary/aromatic N) is 1. The minimum absolute atomic E-state index is 0.0846. The zero-order valence-electron chi connectivity index (χ0n) is 16.9. The monoisotopic (exact) mass is 452 g/mol. The summed E-state index contributed by atoms with van der Waals surface area (Å²) >= 11 is 7.56. The summed E-state index contributed by atoms with van der Waals surface area (Å²) in [5.41, 5.74) is 3.23. The highest BCUT2D eigenvalue weighted by atomic mass is 35.5. The molecule has 0 bridgehead atoms. The lowest BCUT2D eigenvalue weighted by molar-refractivity contribution is -0.128. The number of nitrogens with one attached hydrogen (secondary N) is 1. The van der Waals surface area contributed by atoms with Crippen molar-refractivity contribution in [1.29, 1.82) is 0 Å². The van der Waals surface area contributed by atoms with E-state index in [0.717, 1.165) is 11.1 Å². The van der Waals surface area contributed by atoms with Crippen LogP contribution in [0, 0.1) is 0 Å². The minimum Gasteiger partial charge on any atom is -0.497 e. The van der Waals surface area contributed by atoms with Gasteiger partial charge in [0.25, 0.3) is 5.91 Å². The number of amides is 2. The van der Waals surface area contributed by atoms with Crippen LogP contribution in [0.5, 0.6) is 5.75 Å². The van der Waals surface area contributed by atoms with Crippen LogP contribution in [0.2, 0.25) is 5.02 Å². The Hall–Kier alpha value is -2.96. The van der Waals surface area contributed by atoms with Crippen molar-refractivity contribution in [2.24, 2.45) is 0 Å². The summed E-state index contributed by atoms with van der Waals surface area (Å²) in [6.45, 7) is 0.520. The van der Waals surface area contributed by atoms with Crippen LogP contribution in [-0.2, 0) is 11.3 Å². The van der Waals surface area contributed by atoms with Crippen molar-refractivity contribution in [2.45, 2.75) is 11.9 Å². The smallest absolute Gasteiger partial charge is 0.255 e. The van der Waals surface area contributed by atoms with Gasteiger partial charge in [-0.3, -0.25) is 9.59 Å². The molecule has 2 amide bonds. The summed E-state index contributed by atoms with van der Waals surface area (Å²) in [6, 6.07) is 22.1. The molecule has 5 nitrogen and oxygen atoms in total.